The Balaban J connectivity index is 1.98. The highest BCUT2D eigenvalue weighted by atomic mass is 79.9. The molecule has 0 saturated carbocycles. The van der Waals surface area contributed by atoms with Crippen molar-refractivity contribution in [3.05, 3.63) is 45.7 Å². The first-order chi connectivity index (χ1) is 9.78. The van der Waals surface area contributed by atoms with Gasteiger partial charge in [-0.05, 0) is 52.7 Å². The van der Waals surface area contributed by atoms with Crippen molar-refractivity contribution in [3.63, 3.8) is 0 Å². The molecule has 102 valence electrons. The van der Waals surface area contributed by atoms with Gasteiger partial charge in [-0.25, -0.2) is 0 Å². The van der Waals surface area contributed by atoms with Crippen LogP contribution in [0, 0.1) is 0 Å². The maximum atomic E-state index is 5.64. The van der Waals surface area contributed by atoms with Crippen LogP contribution in [0.1, 0.15) is 5.56 Å². The van der Waals surface area contributed by atoms with Gasteiger partial charge in [0.1, 0.15) is 0 Å². The Hall–Kier alpha value is -1.50. The number of rotatable bonds is 4. The van der Waals surface area contributed by atoms with Crippen LogP contribution < -0.4 is 5.73 Å². The summed E-state index contributed by atoms with van der Waals surface area (Å²) in [6.45, 7) is 0.593. The van der Waals surface area contributed by atoms with E-state index in [9.17, 15) is 0 Å². The lowest BCUT2D eigenvalue weighted by atomic mass is 10.0. The van der Waals surface area contributed by atoms with Gasteiger partial charge in [0.25, 0.3) is 5.89 Å². The number of aromatic nitrogens is 2. The van der Waals surface area contributed by atoms with E-state index in [1.807, 2.05) is 36.4 Å². The average Bonchev–Trinajstić information content (AvgIpc) is 3.08. The van der Waals surface area contributed by atoms with E-state index < -0.39 is 0 Å². The van der Waals surface area contributed by atoms with Crippen molar-refractivity contribution in [3.8, 4) is 22.2 Å². The Morgan fingerprint density at radius 1 is 1.20 bits per heavy atom. The van der Waals surface area contributed by atoms with Gasteiger partial charge in [-0.1, -0.05) is 23.4 Å². The van der Waals surface area contributed by atoms with Crippen molar-refractivity contribution in [2.75, 3.05) is 6.54 Å². The van der Waals surface area contributed by atoms with Crippen molar-refractivity contribution in [1.29, 1.82) is 0 Å². The summed E-state index contributed by atoms with van der Waals surface area (Å²) in [6, 6.07) is 11.9. The minimum Gasteiger partial charge on any atom is -0.334 e. The molecule has 0 bridgehead atoms. The Morgan fingerprint density at radius 3 is 2.80 bits per heavy atom. The minimum absolute atomic E-state index is 0.536. The molecule has 0 aliphatic carbocycles. The van der Waals surface area contributed by atoms with Crippen LogP contribution in [0.4, 0.5) is 0 Å². The molecule has 0 atom stereocenters. The molecule has 3 aromatic rings. The van der Waals surface area contributed by atoms with Crippen LogP contribution in [0.2, 0.25) is 0 Å². The summed E-state index contributed by atoms with van der Waals surface area (Å²) < 4.78 is 6.43. The standard InChI is InChI=1S/C14H12BrN3OS/c15-12-6-5-11(20-12)13-17-14(19-18-13)10-4-2-1-3-9(10)7-8-16/h1-6H,7-8,16H2. The van der Waals surface area contributed by atoms with E-state index in [-0.39, 0.29) is 0 Å². The molecule has 0 unspecified atom stereocenters. The lowest BCUT2D eigenvalue weighted by molar-refractivity contribution is 0.432. The van der Waals surface area contributed by atoms with Gasteiger partial charge in [0.15, 0.2) is 0 Å². The van der Waals surface area contributed by atoms with Crippen molar-refractivity contribution in [2.24, 2.45) is 5.73 Å². The highest BCUT2D eigenvalue weighted by Gasteiger charge is 2.14. The molecule has 0 fully saturated rings. The summed E-state index contributed by atoms with van der Waals surface area (Å²) in [7, 11) is 0. The fraction of sp³-hybridized carbons (Fsp3) is 0.143. The largest absolute Gasteiger partial charge is 0.334 e. The zero-order valence-electron chi connectivity index (χ0n) is 10.5. The topological polar surface area (TPSA) is 64.9 Å². The minimum atomic E-state index is 0.536. The summed E-state index contributed by atoms with van der Waals surface area (Å²) in [4.78, 5) is 5.45. The van der Waals surface area contributed by atoms with E-state index in [4.69, 9.17) is 10.3 Å². The molecule has 2 N–H and O–H groups in total. The molecule has 0 aliphatic rings. The molecule has 0 radical (unpaired) electrons. The summed E-state index contributed by atoms with van der Waals surface area (Å²) in [5, 5.41) is 4.05. The Morgan fingerprint density at radius 2 is 2.05 bits per heavy atom. The SMILES string of the molecule is NCCc1ccccc1-c1nc(-c2ccc(Br)s2)no1. The quantitative estimate of drug-likeness (QED) is 0.779. The second kappa shape index (κ2) is 5.87. The summed E-state index contributed by atoms with van der Waals surface area (Å²) in [5.74, 6) is 1.15. The van der Waals surface area contributed by atoms with Crippen molar-refractivity contribution >= 4 is 27.3 Å². The predicted octanol–water partition coefficient (Wildman–Crippen LogP) is 3.73. The smallest absolute Gasteiger partial charge is 0.258 e. The zero-order valence-corrected chi connectivity index (χ0v) is 12.9. The molecule has 6 heteroatoms. The summed E-state index contributed by atoms with van der Waals surface area (Å²) >= 11 is 5.01. The van der Waals surface area contributed by atoms with Gasteiger partial charge in [0, 0.05) is 5.56 Å². The van der Waals surface area contributed by atoms with Crippen LogP contribution in [0.25, 0.3) is 22.2 Å². The number of hydrogen-bond donors (Lipinski definition) is 1. The normalized spacial score (nSPS) is 10.9. The van der Waals surface area contributed by atoms with E-state index in [2.05, 4.69) is 26.1 Å². The Kier molecular flexibility index (Phi) is 3.95. The van der Waals surface area contributed by atoms with E-state index in [1.54, 1.807) is 11.3 Å². The first-order valence-electron chi connectivity index (χ1n) is 6.15. The van der Waals surface area contributed by atoms with Crippen LogP contribution in [0.15, 0.2) is 44.7 Å². The number of nitrogens with two attached hydrogens (primary N) is 1. The maximum Gasteiger partial charge on any atom is 0.258 e. The molecule has 0 amide bonds. The maximum absolute atomic E-state index is 5.64. The summed E-state index contributed by atoms with van der Waals surface area (Å²) in [5.41, 5.74) is 7.71. The highest BCUT2D eigenvalue weighted by Crippen LogP contribution is 2.31. The molecule has 0 aliphatic heterocycles. The second-order valence-corrected chi connectivity index (χ2v) is 6.69. The third-order valence-electron chi connectivity index (χ3n) is 2.88. The number of benzene rings is 1. The van der Waals surface area contributed by atoms with Crippen LogP contribution >= 0.6 is 27.3 Å². The molecular weight excluding hydrogens is 338 g/mol. The van der Waals surface area contributed by atoms with Crippen LogP contribution in [-0.4, -0.2) is 16.7 Å². The monoisotopic (exact) mass is 349 g/mol. The number of thiophene rings is 1. The van der Waals surface area contributed by atoms with E-state index in [0.717, 1.165) is 26.2 Å². The van der Waals surface area contributed by atoms with E-state index in [1.165, 1.54) is 0 Å². The number of nitrogens with zero attached hydrogens (tertiary/aromatic N) is 2. The first kappa shape index (κ1) is 13.5. The third-order valence-corrected chi connectivity index (χ3v) is 4.50. The highest BCUT2D eigenvalue weighted by molar-refractivity contribution is 9.11. The first-order valence-corrected chi connectivity index (χ1v) is 7.76. The van der Waals surface area contributed by atoms with Crippen molar-refractivity contribution < 1.29 is 4.52 Å². The summed E-state index contributed by atoms with van der Waals surface area (Å²) in [6.07, 6.45) is 0.790. The molecular formula is C14H12BrN3OS. The van der Waals surface area contributed by atoms with E-state index >= 15 is 0 Å². The molecule has 0 spiro atoms. The lowest BCUT2D eigenvalue weighted by Gasteiger charge is -2.03. The van der Waals surface area contributed by atoms with Crippen LogP contribution in [0.5, 0.6) is 0 Å². The van der Waals surface area contributed by atoms with Gasteiger partial charge >= 0.3 is 0 Å². The zero-order chi connectivity index (χ0) is 13.9. The van der Waals surface area contributed by atoms with Gasteiger partial charge in [-0.3, -0.25) is 0 Å². The molecule has 0 saturated heterocycles. The predicted molar refractivity (Wildman–Crippen MR) is 83.5 cm³/mol. The third kappa shape index (κ3) is 2.67. The molecule has 2 heterocycles. The van der Waals surface area contributed by atoms with Crippen LogP contribution in [0.3, 0.4) is 0 Å². The fourth-order valence-electron chi connectivity index (χ4n) is 1.97. The van der Waals surface area contributed by atoms with Gasteiger partial charge in [0.05, 0.1) is 8.66 Å². The van der Waals surface area contributed by atoms with Crippen molar-refractivity contribution in [2.45, 2.75) is 6.42 Å². The van der Waals surface area contributed by atoms with Crippen molar-refractivity contribution in [1.82, 2.24) is 10.1 Å². The number of halogens is 1. The second-order valence-electron chi connectivity index (χ2n) is 4.22. The Bertz CT molecular complexity index is 723. The van der Waals surface area contributed by atoms with Gasteiger partial charge in [-0.2, -0.15) is 4.98 Å². The molecule has 3 rings (SSSR count). The lowest BCUT2D eigenvalue weighted by Crippen LogP contribution is -2.03. The molecule has 1 aromatic carbocycles. The average molecular weight is 350 g/mol. The molecule has 4 nitrogen and oxygen atoms in total. The molecule has 20 heavy (non-hydrogen) atoms. The van der Waals surface area contributed by atoms with Gasteiger partial charge in [0.2, 0.25) is 5.82 Å². The van der Waals surface area contributed by atoms with Crippen LogP contribution in [-0.2, 0) is 6.42 Å². The number of hydrogen-bond acceptors (Lipinski definition) is 5. The fourth-order valence-corrected chi connectivity index (χ4v) is 3.28. The molecule has 2 aromatic heterocycles. The Labute approximate surface area is 128 Å². The van der Waals surface area contributed by atoms with Gasteiger partial charge in [-0.15, -0.1) is 11.3 Å². The van der Waals surface area contributed by atoms with E-state index in [0.29, 0.717) is 18.3 Å². The van der Waals surface area contributed by atoms with Gasteiger partial charge < -0.3 is 10.3 Å².